The Balaban J connectivity index is 1.93. The van der Waals surface area contributed by atoms with Gasteiger partial charge in [-0.3, -0.25) is 0 Å². The maximum atomic E-state index is 8.83. The smallest absolute Gasteiger partial charge is 0.334 e. The second-order valence-electron chi connectivity index (χ2n) is 4.75. The molecule has 0 bridgehead atoms. The maximum Gasteiger partial charge on any atom is 0.334 e. The van der Waals surface area contributed by atoms with Crippen molar-refractivity contribution in [2.45, 2.75) is 38.0 Å². The molecule has 1 saturated heterocycles. The first-order valence-corrected chi connectivity index (χ1v) is 9.22. The maximum absolute atomic E-state index is 8.83. The van der Waals surface area contributed by atoms with Crippen molar-refractivity contribution in [3.8, 4) is 0 Å². The van der Waals surface area contributed by atoms with Crippen LogP contribution in [-0.2, 0) is 18.3 Å². The van der Waals surface area contributed by atoms with E-state index in [-0.39, 0.29) is 6.61 Å². The second kappa shape index (κ2) is 9.01. The van der Waals surface area contributed by atoms with Crippen molar-refractivity contribution in [1.82, 2.24) is 0 Å². The van der Waals surface area contributed by atoms with Crippen LogP contribution in [-0.4, -0.2) is 59.9 Å². The highest BCUT2D eigenvalue weighted by Crippen LogP contribution is 2.15. The monoisotopic (exact) mass is 278 g/mol. The van der Waals surface area contributed by atoms with Gasteiger partial charge in [0.1, 0.15) is 6.10 Å². The van der Waals surface area contributed by atoms with Gasteiger partial charge in [-0.25, -0.2) is 0 Å². The fourth-order valence-corrected chi connectivity index (χ4v) is 3.45. The van der Waals surface area contributed by atoms with E-state index >= 15 is 0 Å². The van der Waals surface area contributed by atoms with E-state index in [4.69, 9.17) is 23.4 Å². The van der Waals surface area contributed by atoms with E-state index in [0.29, 0.717) is 12.7 Å². The van der Waals surface area contributed by atoms with E-state index in [1.165, 1.54) is 0 Å². The summed E-state index contributed by atoms with van der Waals surface area (Å²) in [7, 11) is -0.345. The minimum Gasteiger partial charge on any atom is -0.398 e. The van der Waals surface area contributed by atoms with E-state index in [9.17, 15) is 0 Å². The van der Waals surface area contributed by atoms with E-state index < -0.39 is 8.56 Å². The third kappa shape index (κ3) is 7.45. The van der Waals surface area contributed by atoms with Crippen LogP contribution in [0, 0.1) is 0 Å². The molecular weight excluding hydrogens is 252 g/mol. The standard InChI is InChI=1S/C12H26O5Si/c1-14-18(2,9-5-6-13)17-8-4-3-7-15-10-12-11-16-12/h12-13H,3-11H2,1-2H3. The van der Waals surface area contributed by atoms with E-state index in [0.717, 1.165) is 45.1 Å². The number of epoxide rings is 1. The predicted molar refractivity (Wildman–Crippen MR) is 70.9 cm³/mol. The Kier molecular flexibility index (Phi) is 8.04. The van der Waals surface area contributed by atoms with Crippen LogP contribution < -0.4 is 0 Å². The van der Waals surface area contributed by atoms with Crippen LogP contribution in [0.5, 0.6) is 0 Å². The van der Waals surface area contributed by atoms with Crippen molar-refractivity contribution >= 4 is 8.56 Å². The molecule has 1 fully saturated rings. The summed E-state index contributed by atoms with van der Waals surface area (Å²) in [5.41, 5.74) is 0. The molecule has 1 N–H and O–H groups in total. The molecule has 0 spiro atoms. The molecule has 5 nitrogen and oxygen atoms in total. The molecule has 0 amide bonds. The predicted octanol–water partition coefficient (Wildman–Crippen LogP) is 1.30. The van der Waals surface area contributed by atoms with Crippen LogP contribution in [0.3, 0.4) is 0 Å². The molecule has 0 saturated carbocycles. The van der Waals surface area contributed by atoms with Crippen LogP contribution in [0.2, 0.25) is 12.6 Å². The zero-order chi connectivity index (χ0) is 13.3. The third-order valence-electron chi connectivity index (χ3n) is 3.02. The molecule has 0 aromatic carbocycles. The third-order valence-corrected chi connectivity index (χ3v) is 5.96. The molecular formula is C12H26O5Si. The number of aliphatic hydroxyl groups excluding tert-OH is 1. The van der Waals surface area contributed by atoms with Crippen molar-refractivity contribution in [2.75, 3.05) is 40.1 Å². The summed E-state index contributed by atoms with van der Waals surface area (Å²) in [6.45, 7) is 5.31. The van der Waals surface area contributed by atoms with Gasteiger partial charge in [0.2, 0.25) is 0 Å². The number of aliphatic hydroxyl groups is 1. The zero-order valence-corrected chi connectivity index (χ0v) is 12.5. The molecule has 0 aliphatic carbocycles. The summed E-state index contributed by atoms with van der Waals surface area (Å²) in [5.74, 6) is 0. The Morgan fingerprint density at radius 3 is 2.61 bits per heavy atom. The first-order valence-electron chi connectivity index (χ1n) is 6.69. The number of ether oxygens (including phenoxy) is 2. The van der Waals surface area contributed by atoms with Crippen LogP contribution >= 0.6 is 0 Å². The van der Waals surface area contributed by atoms with Gasteiger partial charge < -0.3 is 23.4 Å². The zero-order valence-electron chi connectivity index (χ0n) is 11.5. The molecule has 18 heavy (non-hydrogen) atoms. The normalized spacial score (nSPS) is 21.8. The quantitative estimate of drug-likeness (QED) is 0.331. The van der Waals surface area contributed by atoms with Crippen molar-refractivity contribution < 1.29 is 23.4 Å². The Bertz CT molecular complexity index is 213. The molecule has 0 aromatic rings. The molecule has 2 atom stereocenters. The second-order valence-corrected chi connectivity index (χ2v) is 8.22. The topological polar surface area (TPSA) is 60.5 Å². The van der Waals surface area contributed by atoms with Gasteiger partial charge in [0.15, 0.2) is 0 Å². The molecule has 2 unspecified atom stereocenters. The van der Waals surface area contributed by atoms with Gasteiger partial charge >= 0.3 is 8.56 Å². The molecule has 1 heterocycles. The van der Waals surface area contributed by atoms with Gasteiger partial charge in [0.05, 0.1) is 13.2 Å². The summed E-state index contributed by atoms with van der Waals surface area (Å²) < 4.78 is 21.8. The van der Waals surface area contributed by atoms with Gasteiger partial charge in [0.25, 0.3) is 0 Å². The first kappa shape index (κ1) is 16.1. The lowest BCUT2D eigenvalue weighted by molar-refractivity contribution is 0.107. The van der Waals surface area contributed by atoms with Crippen LogP contribution in [0.15, 0.2) is 0 Å². The Morgan fingerprint density at radius 2 is 2.00 bits per heavy atom. The molecule has 6 heteroatoms. The van der Waals surface area contributed by atoms with Crippen LogP contribution in [0.4, 0.5) is 0 Å². The van der Waals surface area contributed by atoms with Crippen molar-refractivity contribution in [2.24, 2.45) is 0 Å². The van der Waals surface area contributed by atoms with Gasteiger partial charge in [-0.15, -0.1) is 0 Å². The fraction of sp³-hybridized carbons (Fsp3) is 1.00. The highest BCUT2D eigenvalue weighted by Gasteiger charge is 2.29. The average molecular weight is 278 g/mol. The fourth-order valence-electron chi connectivity index (χ4n) is 1.61. The van der Waals surface area contributed by atoms with Gasteiger partial charge in [-0.2, -0.15) is 0 Å². The SMILES string of the molecule is CO[Si](C)(CCCO)OCCCCOCC1CO1. The molecule has 1 aliphatic heterocycles. The molecule has 108 valence electrons. The van der Waals surface area contributed by atoms with Crippen LogP contribution in [0.25, 0.3) is 0 Å². The van der Waals surface area contributed by atoms with Crippen LogP contribution in [0.1, 0.15) is 19.3 Å². The van der Waals surface area contributed by atoms with E-state index in [1.54, 1.807) is 7.11 Å². The molecule has 0 radical (unpaired) electrons. The first-order chi connectivity index (χ1) is 8.70. The molecule has 0 aromatic heterocycles. The summed E-state index contributed by atoms with van der Waals surface area (Å²) in [5, 5.41) is 8.83. The summed E-state index contributed by atoms with van der Waals surface area (Å²) >= 11 is 0. The minimum atomic E-state index is -2.04. The number of unbranched alkanes of at least 4 members (excludes halogenated alkanes) is 1. The number of rotatable bonds is 12. The lowest BCUT2D eigenvalue weighted by atomic mass is 10.3. The van der Waals surface area contributed by atoms with E-state index in [1.807, 2.05) is 6.55 Å². The van der Waals surface area contributed by atoms with Gasteiger partial charge in [0, 0.05) is 26.9 Å². The Labute approximate surface area is 111 Å². The number of hydrogen-bond donors (Lipinski definition) is 1. The van der Waals surface area contributed by atoms with Gasteiger partial charge in [-0.05, 0) is 31.9 Å². The Hall–Kier alpha value is 0.0169. The van der Waals surface area contributed by atoms with Crippen molar-refractivity contribution in [3.63, 3.8) is 0 Å². The lowest BCUT2D eigenvalue weighted by Gasteiger charge is -2.24. The van der Waals surface area contributed by atoms with Crippen molar-refractivity contribution in [1.29, 1.82) is 0 Å². The molecule has 1 rings (SSSR count). The minimum absolute atomic E-state index is 0.201. The lowest BCUT2D eigenvalue weighted by Crippen LogP contribution is -2.37. The number of hydrogen-bond acceptors (Lipinski definition) is 5. The highest BCUT2D eigenvalue weighted by atomic mass is 28.4. The average Bonchev–Trinajstić information content (AvgIpc) is 3.19. The largest absolute Gasteiger partial charge is 0.398 e. The van der Waals surface area contributed by atoms with Gasteiger partial charge in [-0.1, -0.05) is 0 Å². The Morgan fingerprint density at radius 1 is 1.28 bits per heavy atom. The summed E-state index contributed by atoms with van der Waals surface area (Å²) in [6, 6.07) is 0.843. The van der Waals surface area contributed by atoms with Crippen molar-refractivity contribution in [3.05, 3.63) is 0 Å². The summed E-state index contributed by atoms with van der Waals surface area (Å²) in [6.07, 6.45) is 3.09. The highest BCUT2D eigenvalue weighted by molar-refractivity contribution is 6.65. The van der Waals surface area contributed by atoms with E-state index in [2.05, 4.69) is 0 Å². The molecule has 1 aliphatic rings. The summed E-state index contributed by atoms with van der Waals surface area (Å²) in [4.78, 5) is 0.